The van der Waals surface area contributed by atoms with Crippen molar-refractivity contribution in [2.75, 3.05) is 0 Å². The lowest BCUT2D eigenvalue weighted by atomic mass is 9.70. The SMILES string of the molecule is CC(C)(C)OC(=O)[C@@H]1C[C@H](C(=O)c2ccccc2)[C@]2(CCc3ccccc32)C1. The minimum atomic E-state index is -0.515. The van der Waals surface area contributed by atoms with Crippen molar-refractivity contribution in [1.82, 2.24) is 0 Å². The average molecular weight is 376 g/mol. The van der Waals surface area contributed by atoms with Gasteiger partial charge in [-0.25, -0.2) is 0 Å². The van der Waals surface area contributed by atoms with Crippen LogP contribution in [0.15, 0.2) is 54.6 Å². The standard InChI is InChI=1S/C25H28O3/c1-24(2,3)28-23(27)19-15-21(22(26)18-10-5-4-6-11-18)25(16-19)14-13-17-9-7-8-12-20(17)25/h4-12,19,21H,13-16H2,1-3H3/t19-,21-,25-/m1/s1. The molecule has 4 rings (SSSR count). The summed E-state index contributed by atoms with van der Waals surface area (Å²) < 4.78 is 5.70. The molecule has 146 valence electrons. The van der Waals surface area contributed by atoms with E-state index in [0.29, 0.717) is 12.8 Å². The molecule has 0 aromatic heterocycles. The van der Waals surface area contributed by atoms with Crippen LogP contribution in [0.4, 0.5) is 0 Å². The molecular formula is C25H28O3. The molecule has 3 atom stereocenters. The highest BCUT2D eigenvalue weighted by molar-refractivity contribution is 5.99. The molecule has 0 heterocycles. The van der Waals surface area contributed by atoms with Crippen LogP contribution < -0.4 is 0 Å². The third-order valence-corrected chi connectivity index (χ3v) is 6.31. The monoisotopic (exact) mass is 376 g/mol. The van der Waals surface area contributed by atoms with Crippen LogP contribution in [0, 0.1) is 11.8 Å². The van der Waals surface area contributed by atoms with E-state index in [1.165, 1.54) is 11.1 Å². The molecule has 0 unspecified atom stereocenters. The van der Waals surface area contributed by atoms with Gasteiger partial charge in [0.25, 0.3) is 0 Å². The maximum atomic E-state index is 13.5. The van der Waals surface area contributed by atoms with Crippen LogP contribution in [-0.4, -0.2) is 17.4 Å². The minimum Gasteiger partial charge on any atom is -0.460 e. The van der Waals surface area contributed by atoms with Gasteiger partial charge in [-0.3, -0.25) is 9.59 Å². The van der Waals surface area contributed by atoms with Crippen molar-refractivity contribution in [3.8, 4) is 0 Å². The number of benzene rings is 2. The zero-order chi connectivity index (χ0) is 19.9. The Morgan fingerprint density at radius 1 is 1.00 bits per heavy atom. The Hall–Kier alpha value is -2.42. The number of ether oxygens (including phenoxy) is 1. The Morgan fingerprint density at radius 3 is 2.39 bits per heavy atom. The first-order valence-electron chi connectivity index (χ1n) is 10.2. The summed E-state index contributed by atoms with van der Waals surface area (Å²) in [6, 6.07) is 17.9. The van der Waals surface area contributed by atoms with E-state index < -0.39 is 5.60 Å². The Labute approximate surface area is 167 Å². The first kappa shape index (κ1) is 18.9. The van der Waals surface area contributed by atoms with Crippen molar-refractivity contribution in [2.24, 2.45) is 11.8 Å². The van der Waals surface area contributed by atoms with Crippen molar-refractivity contribution in [3.63, 3.8) is 0 Å². The number of ketones is 1. The summed E-state index contributed by atoms with van der Waals surface area (Å²) in [6.45, 7) is 5.69. The van der Waals surface area contributed by atoms with Crippen molar-refractivity contribution in [2.45, 2.75) is 57.5 Å². The van der Waals surface area contributed by atoms with E-state index in [4.69, 9.17) is 4.74 Å². The van der Waals surface area contributed by atoms with Gasteiger partial charge >= 0.3 is 5.97 Å². The normalized spacial score (nSPS) is 26.2. The van der Waals surface area contributed by atoms with Crippen LogP contribution in [0.2, 0.25) is 0 Å². The van der Waals surface area contributed by atoms with Crippen LogP contribution in [0.1, 0.15) is 61.5 Å². The van der Waals surface area contributed by atoms with Crippen LogP contribution >= 0.6 is 0 Å². The molecule has 1 spiro atoms. The van der Waals surface area contributed by atoms with Crippen LogP contribution in [0.5, 0.6) is 0 Å². The summed E-state index contributed by atoms with van der Waals surface area (Å²) in [6.07, 6.45) is 3.16. The number of carbonyl (C=O) groups is 2. The third-order valence-electron chi connectivity index (χ3n) is 6.31. The molecule has 28 heavy (non-hydrogen) atoms. The van der Waals surface area contributed by atoms with Gasteiger partial charge in [-0.15, -0.1) is 0 Å². The van der Waals surface area contributed by atoms with Gasteiger partial charge in [-0.2, -0.15) is 0 Å². The molecule has 2 aliphatic rings. The lowest BCUT2D eigenvalue weighted by molar-refractivity contribution is -0.159. The molecule has 3 nitrogen and oxygen atoms in total. The molecule has 0 N–H and O–H groups in total. The molecule has 2 aliphatic carbocycles. The second-order valence-electron chi connectivity index (χ2n) is 9.27. The van der Waals surface area contributed by atoms with E-state index in [0.717, 1.165) is 18.4 Å². The molecule has 1 saturated carbocycles. The van der Waals surface area contributed by atoms with E-state index >= 15 is 0 Å². The highest BCUT2D eigenvalue weighted by Crippen LogP contribution is 2.56. The van der Waals surface area contributed by atoms with Crippen molar-refractivity contribution in [3.05, 3.63) is 71.3 Å². The number of Topliss-reactive ketones (excluding diaryl/α,β-unsaturated/α-hetero) is 1. The van der Waals surface area contributed by atoms with Crippen LogP contribution in [0.25, 0.3) is 0 Å². The Kier molecular flexibility index (Phi) is 4.65. The number of rotatable bonds is 3. The van der Waals surface area contributed by atoms with E-state index in [9.17, 15) is 9.59 Å². The predicted octanol–water partition coefficient (Wildman–Crippen LogP) is 5.12. The number of fused-ring (bicyclic) bond motifs is 2. The zero-order valence-electron chi connectivity index (χ0n) is 16.9. The summed E-state index contributed by atoms with van der Waals surface area (Å²) >= 11 is 0. The largest absolute Gasteiger partial charge is 0.460 e. The van der Waals surface area contributed by atoms with Gasteiger partial charge in [0, 0.05) is 16.9 Å². The van der Waals surface area contributed by atoms with Gasteiger partial charge in [-0.1, -0.05) is 54.6 Å². The zero-order valence-corrected chi connectivity index (χ0v) is 16.9. The van der Waals surface area contributed by atoms with Crippen LogP contribution in [0.3, 0.4) is 0 Å². The molecule has 0 bridgehead atoms. The maximum absolute atomic E-state index is 13.5. The summed E-state index contributed by atoms with van der Waals surface area (Å²) in [5.74, 6) is -0.429. The van der Waals surface area contributed by atoms with E-state index in [2.05, 4.69) is 24.3 Å². The molecule has 2 aromatic carbocycles. The number of carbonyl (C=O) groups excluding carboxylic acids is 2. The Morgan fingerprint density at radius 2 is 1.68 bits per heavy atom. The fourth-order valence-electron chi connectivity index (χ4n) is 5.19. The molecule has 0 radical (unpaired) electrons. The fourth-order valence-corrected chi connectivity index (χ4v) is 5.19. The molecular weight excluding hydrogens is 348 g/mol. The lowest BCUT2D eigenvalue weighted by Gasteiger charge is -2.32. The topological polar surface area (TPSA) is 43.4 Å². The van der Waals surface area contributed by atoms with E-state index in [-0.39, 0.29) is 29.0 Å². The van der Waals surface area contributed by atoms with Crippen molar-refractivity contribution >= 4 is 11.8 Å². The summed E-state index contributed by atoms with van der Waals surface area (Å²) in [5, 5.41) is 0. The fraction of sp³-hybridized carbons (Fsp3) is 0.440. The van der Waals surface area contributed by atoms with Gasteiger partial charge in [0.2, 0.25) is 0 Å². The summed E-state index contributed by atoms with van der Waals surface area (Å²) in [7, 11) is 0. The Bertz CT molecular complexity index is 894. The van der Waals surface area contributed by atoms with E-state index in [1.807, 2.05) is 51.1 Å². The molecule has 3 heteroatoms. The lowest BCUT2D eigenvalue weighted by Crippen LogP contribution is -2.33. The first-order chi connectivity index (χ1) is 13.3. The van der Waals surface area contributed by atoms with Crippen molar-refractivity contribution in [1.29, 1.82) is 0 Å². The summed E-state index contributed by atoms with van der Waals surface area (Å²) in [4.78, 5) is 26.4. The molecule has 0 saturated heterocycles. The van der Waals surface area contributed by atoms with E-state index in [1.54, 1.807) is 0 Å². The molecule has 0 amide bonds. The quantitative estimate of drug-likeness (QED) is 0.551. The van der Waals surface area contributed by atoms with Gasteiger partial charge < -0.3 is 4.74 Å². The predicted molar refractivity (Wildman–Crippen MR) is 109 cm³/mol. The van der Waals surface area contributed by atoms with Gasteiger partial charge in [0.1, 0.15) is 5.60 Å². The summed E-state index contributed by atoms with van der Waals surface area (Å²) in [5.41, 5.74) is 2.54. The minimum absolute atomic E-state index is 0.156. The molecule has 0 aliphatic heterocycles. The first-order valence-corrected chi connectivity index (χ1v) is 10.2. The maximum Gasteiger partial charge on any atom is 0.309 e. The van der Waals surface area contributed by atoms with Crippen molar-refractivity contribution < 1.29 is 14.3 Å². The average Bonchev–Trinajstić information content (AvgIpc) is 3.23. The Balaban J connectivity index is 1.72. The number of hydrogen-bond acceptors (Lipinski definition) is 3. The number of esters is 1. The van der Waals surface area contributed by atoms with Crippen LogP contribution in [-0.2, 0) is 21.4 Å². The van der Waals surface area contributed by atoms with Gasteiger partial charge in [0.15, 0.2) is 5.78 Å². The molecule has 2 aromatic rings. The molecule has 1 fully saturated rings. The highest BCUT2D eigenvalue weighted by atomic mass is 16.6. The van der Waals surface area contributed by atoms with Gasteiger partial charge in [-0.05, 0) is 57.6 Å². The third kappa shape index (κ3) is 3.28. The second-order valence-corrected chi connectivity index (χ2v) is 9.27. The number of aryl methyl sites for hydroxylation is 1. The number of hydrogen-bond donors (Lipinski definition) is 0. The second kappa shape index (κ2) is 6.88. The smallest absolute Gasteiger partial charge is 0.309 e. The van der Waals surface area contributed by atoms with Gasteiger partial charge in [0.05, 0.1) is 5.92 Å². The highest BCUT2D eigenvalue weighted by Gasteiger charge is 2.56.